The van der Waals surface area contributed by atoms with E-state index in [0.717, 1.165) is 25.9 Å². The van der Waals surface area contributed by atoms with E-state index in [0.29, 0.717) is 6.54 Å². The first-order valence-corrected chi connectivity index (χ1v) is 8.24. The van der Waals surface area contributed by atoms with E-state index >= 15 is 0 Å². The number of rotatable bonds is 4. The van der Waals surface area contributed by atoms with Gasteiger partial charge in [-0.1, -0.05) is 30.7 Å². The van der Waals surface area contributed by atoms with E-state index in [1.165, 1.54) is 6.07 Å². The summed E-state index contributed by atoms with van der Waals surface area (Å²) in [7, 11) is -3.53. The molecule has 0 radical (unpaired) electrons. The van der Waals surface area contributed by atoms with Gasteiger partial charge in [0.1, 0.15) is 4.90 Å². The predicted molar refractivity (Wildman–Crippen MR) is 84.1 cm³/mol. The number of halogens is 2. The van der Waals surface area contributed by atoms with Gasteiger partial charge in [-0.3, -0.25) is 0 Å². The van der Waals surface area contributed by atoms with Crippen molar-refractivity contribution in [1.29, 1.82) is 0 Å². The first-order chi connectivity index (χ1) is 8.93. The third-order valence-electron chi connectivity index (χ3n) is 3.63. The Morgan fingerprint density at radius 3 is 2.50 bits per heavy atom. The van der Waals surface area contributed by atoms with Gasteiger partial charge in [-0.05, 0) is 43.5 Å². The van der Waals surface area contributed by atoms with Crippen LogP contribution in [0.5, 0.6) is 0 Å². The highest BCUT2D eigenvalue weighted by Crippen LogP contribution is 2.28. The van der Waals surface area contributed by atoms with E-state index in [-0.39, 0.29) is 27.7 Å². The minimum Gasteiger partial charge on any atom is -0.317 e. The van der Waals surface area contributed by atoms with Gasteiger partial charge in [-0.15, -0.1) is 12.4 Å². The lowest BCUT2D eigenvalue weighted by molar-refractivity contribution is 0.232. The van der Waals surface area contributed by atoms with E-state index in [1.807, 2.05) is 0 Å². The molecule has 1 fully saturated rings. The lowest BCUT2D eigenvalue weighted by atomic mass is 9.81. The molecule has 2 N–H and O–H groups in total. The number of hydrogen-bond donors (Lipinski definition) is 2. The highest BCUT2D eigenvalue weighted by molar-refractivity contribution is 7.89. The minimum atomic E-state index is -3.53. The van der Waals surface area contributed by atoms with Gasteiger partial charge in [0.2, 0.25) is 10.0 Å². The molecule has 0 bridgehead atoms. The van der Waals surface area contributed by atoms with Crippen molar-refractivity contribution in [3.8, 4) is 0 Å². The quantitative estimate of drug-likeness (QED) is 0.886. The molecule has 4 nitrogen and oxygen atoms in total. The molecule has 0 unspecified atom stereocenters. The Morgan fingerprint density at radius 1 is 1.30 bits per heavy atom. The Balaban J connectivity index is 0.00000200. The first-order valence-electron chi connectivity index (χ1n) is 6.38. The molecular weight excluding hydrogens is 319 g/mol. The van der Waals surface area contributed by atoms with Crippen LogP contribution in [-0.4, -0.2) is 28.1 Å². The van der Waals surface area contributed by atoms with Crippen molar-refractivity contribution >= 4 is 34.0 Å². The monoisotopic (exact) mass is 338 g/mol. The fourth-order valence-electron chi connectivity index (χ4n) is 2.22. The van der Waals surface area contributed by atoms with E-state index in [2.05, 4.69) is 17.0 Å². The topological polar surface area (TPSA) is 58.2 Å². The third-order valence-corrected chi connectivity index (χ3v) is 5.53. The van der Waals surface area contributed by atoms with Gasteiger partial charge in [0.05, 0.1) is 5.02 Å². The van der Waals surface area contributed by atoms with Gasteiger partial charge in [-0.2, -0.15) is 0 Å². The molecule has 0 aliphatic carbocycles. The second kappa shape index (κ2) is 7.09. The fraction of sp³-hybridized carbons (Fsp3) is 0.538. The fourth-order valence-corrected chi connectivity index (χ4v) is 3.93. The summed E-state index contributed by atoms with van der Waals surface area (Å²) in [5, 5.41) is 3.53. The molecule has 1 aliphatic heterocycles. The maximum absolute atomic E-state index is 12.2. The van der Waals surface area contributed by atoms with E-state index in [4.69, 9.17) is 11.6 Å². The van der Waals surface area contributed by atoms with Crippen LogP contribution >= 0.6 is 24.0 Å². The summed E-state index contributed by atoms with van der Waals surface area (Å²) in [5.41, 5.74) is 0.0135. The van der Waals surface area contributed by atoms with Gasteiger partial charge in [0.15, 0.2) is 0 Å². The van der Waals surface area contributed by atoms with Crippen molar-refractivity contribution in [3.05, 3.63) is 29.3 Å². The molecule has 0 atom stereocenters. The maximum Gasteiger partial charge on any atom is 0.242 e. The van der Waals surface area contributed by atoms with E-state index in [9.17, 15) is 8.42 Å². The molecule has 0 spiro atoms. The van der Waals surface area contributed by atoms with Crippen molar-refractivity contribution in [1.82, 2.24) is 10.0 Å². The summed E-state index contributed by atoms with van der Waals surface area (Å²) in [6.45, 7) is 4.43. The smallest absolute Gasteiger partial charge is 0.242 e. The Hall–Kier alpha value is -0.330. The highest BCUT2D eigenvalue weighted by Gasteiger charge is 2.29. The molecule has 1 heterocycles. The van der Waals surface area contributed by atoms with Crippen LogP contribution in [0, 0.1) is 5.41 Å². The number of benzene rings is 1. The van der Waals surface area contributed by atoms with Gasteiger partial charge in [0, 0.05) is 6.54 Å². The van der Waals surface area contributed by atoms with Crippen LogP contribution in [-0.2, 0) is 10.0 Å². The average Bonchev–Trinajstić information content (AvgIpc) is 2.38. The summed E-state index contributed by atoms with van der Waals surface area (Å²) in [6.07, 6.45) is 1.94. The summed E-state index contributed by atoms with van der Waals surface area (Å²) in [5.74, 6) is 0. The Morgan fingerprint density at radius 2 is 1.90 bits per heavy atom. The molecule has 1 saturated heterocycles. The zero-order valence-electron chi connectivity index (χ0n) is 11.4. The third kappa shape index (κ3) is 4.33. The summed E-state index contributed by atoms with van der Waals surface area (Å²) < 4.78 is 27.1. The van der Waals surface area contributed by atoms with Crippen LogP contribution in [0.15, 0.2) is 29.2 Å². The number of hydrogen-bond acceptors (Lipinski definition) is 3. The molecule has 0 amide bonds. The molecule has 0 aromatic heterocycles. The summed E-state index contributed by atoms with van der Waals surface area (Å²) in [4.78, 5) is 0.147. The van der Waals surface area contributed by atoms with Crippen molar-refractivity contribution in [2.24, 2.45) is 5.41 Å². The van der Waals surface area contributed by atoms with Crippen LogP contribution in [0.25, 0.3) is 0 Å². The average molecular weight is 339 g/mol. The molecule has 114 valence electrons. The predicted octanol–water partition coefficient (Wildman–Crippen LogP) is 2.43. The van der Waals surface area contributed by atoms with Crippen LogP contribution < -0.4 is 10.0 Å². The molecule has 20 heavy (non-hydrogen) atoms. The number of nitrogens with one attached hydrogen (secondary N) is 2. The summed E-state index contributed by atoms with van der Waals surface area (Å²) in [6, 6.07) is 6.50. The van der Waals surface area contributed by atoms with Gasteiger partial charge < -0.3 is 5.32 Å². The molecule has 1 aliphatic rings. The van der Waals surface area contributed by atoms with E-state index in [1.54, 1.807) is 18.2 Å². The highest BCUT2D eigenvalue weighted by atomic mass is 35.5. The Bertz CT molecular complexity index is 543. The van der Waals surface area contributed by atoms with Crippen LogP contribution in [0.4, 0.5) is 0 Å². The van der Waals surface area contributed by atoms with Crippen LogP contribution in [0.1, 0.15) is 19.8 Å². The van der Waals surface area contributed by atoms with Crippen LogP contribution in [0.2, 0.25) is 5.02 Å². The molecule has 0 saturated carbocycles. The van der Waals surface area contributed by atoms with Crippen molar-refractivity contribution in [2.75, 3.05) is 19.6 Å². The minimum absolute atomic E-state index is 0. The molecular formula is C13H20Cl2N2O2S. The van der Waals surface area contributed by atoms with E-state index < -0.39 is 10.0 Å². The molecule has 1 aromatic carbocycles. The zero-order valence-corrected chi connectivity index (χ0v) is 13.7. The normalized spacial score (nSPS) is 18.3. The number of piperidine rings is 1. The largest absolute Gasteiger partial charge is 0.317 e. The Labute approximate surface area is 131 Å². The standard InChI is InChI=1S/C13H19ClN2O2S.ClH/c1-13(6-8-15-9-7-13)10-16-19(17,18)12-5-3-2-4-11(12)14;/h2-5,15-16H,6-10H2,1H3;1H. The van der Waals surface area contributed by atoms with Gasteiger partial charge in [0.25, 0.3) is 0 Å². The molecule has 7 heteroatoms. The molecule has 2 rings (SSSR count). The van der Waals surface area contributed by atoms with Crippen LogP contribution in [0.3, 0.4) is 0 Å². The first kappa shape index (κ1) is 17.7. The van der Waals surface area contributed by atoms with Crippen molar-refractivity contribution < 1.29 is 8.42 Å². The second-order valence-electron chi connectivity index (χ2n) is 5.32. The lowest BCUT2D eigenvalue weighted by Crippen LogP contribution is -2.42. The number of sulfonamides is 1. The van der Waals surface area contributed by atoms with Crippen molar-refractivity contribution in [2.45, 2.75) is 24.7 Å². The van der Waals surface area contributed by atoms with Gasteiger partial charge in [-0.25, -0.2) is 13.1 Å². The zero-order chi connectivity index (χ0) is 13.9. The second-order valence-corrected chi connectivity index (χ2v) is 7.46. The SMILES string of the molecule is CC1(CNS(=O)(=O)c2ccccc2Cl)CCNCC1.Cl. The summed E-state index contributed by atoms with van der Waals surface area (Å²) >= 11 is 5.94. The maximum atomic E-state index is 12.2. The van der Waals surface area contributed by atoms with Crippen molar-refractivity contribution in [3.63, 3.8) is 0 Å². The van der Waals surface area contributed by atoms with Gasteiger partial charge >= 0.3 is 0 Å². The molecule has 1 aromatic rings. The lowest BCUT2D eigenvalue weighted by Gasteiger charge is -2.34. The Kier molecular flexibility index (Phi) is 6.28.